The van der Waals surface area contributed by atoms with Crippen molar-refractivity contribution in [2.24, 2.45) is 0 Å². The number of nitrogens with zero attached hydrogens (tertiary/aromatic N) is 2. The molecule has 1 aromatic carbocycles. The lowest BCUT2D eigenvalue weighted by Crippen LogP contribution is -2.50. The maximum Gasteiger partial charge on any atom is 0.315 e. The van der Waals surface area contributed by atoms with Gasteiger partial charge in [0.1, 0.15) is 0 Å². The van der Waals surface area contributed by atoms with Crippen molar-refractivity contribution >= 4 is 33.7 Å². The summed E-state index contributed by atoms with van der Waals surface area (Å²) >= 11 is 1.35. The maximum atomic E-state index is 12.9. The molecule has 0 aromatic heterocycles. The number of aryl methyl sites for hydroxylation is 2. The molecule has 0 spiro atoms. The Morgan fingerprint density at radius 2 is 1.81 bits per heavy atom. The normalized spacial score (nSPS) is 15.6. The fraction of sp³-hybridized carbons (Fsp3) is 0.556. The van der Waals surface area contributed by atoms with Crippen LogP contribution in [0.1, 0.15) is 17.5 Å². The van der Waals surface area contributed by atoms with Crippen molar-refractivity contribution in [2.45, 2.75) is 25.2 Å². The number of esters is 1. The molecule has 27 heavy (non-hydrogen) atoms. The molecular formula is C18H26N2O5S2. The van der Waals surface area contributed by atoms with Crippen LogP contribution in [0, 0.1) is 13.8 Å². The second kappa shape index (κ2) is 9.57. The SMILES string of the molecule is COC(=O)CSCCC(=O)N1CCN(S(=O)(=O)c2cc(C)ccc2C)CC1. The van der Waals surface area contributed by atoms with E-state index in [1.54, 1.807) is 17.9 Å². The van der Waals surface area contributed by atoms with E-state index in [-0.39, 0.29) is 30.7 Å². The predicted octanol–water partition coefficient (Wildman–Crippen LogP) is 1.43. The van der Waals surface area contributed by atoms with Crippen LogP contribution < -0.4 is 0 Å². The topological polar surface area (TPSA) is 84.0 Å². The number of hydrogen-bond acceptors (Lipinski definition) is 6. The average molecular weight is 415 g/mol. The van der Waals surface area contributed by atoms with Crippen molar-refractivity contribution in [1.29, 1.82) is 0 Å². The molecule has 1 heterocycles. The molecule has 0 aliphatic carbocycles. The maximum absolute atomic E-state index is 12.9. The highest BCUT2D eigenvalue weighted by molar-refractivity contribution is 7.99. The molecule has 9 heteroatoms. The third-order valence-electron chi connectivity index (χ3n) is 4.46. The van der Waals surface area contributed by atoms with E-state index in [9.17, 15) is 18.0 Å². The van der Waals surface area contributed by atoms with Gasteiger partial charge in [-0.05, 0) is 31.0 Å². The molecule has 1 aliphatic rings. The molecule has 0 N–H and O–H groups in total. The van der Waals surface area contributed by atoms with Gasteiger partial charge in [0.25, 0.3) is 0 Å². The summed E-state index contributed by atoms with van der Waals surface area (Å²) in [6, 6.07) is 5.40. The minimum atomic E-state index is -3.56. The minimum Gasteiger partial charge on any atom is -0.468 e. The second-order valence-electron chi connectivity index (χ2n) is 6.43. The summed E-state index contributed by atoms with van der Waals surface area (Å²) in [5, 5.41) is 0. The predicted molar refractivity (Wildman–Crippen MR) is 105 cm³/mol. The smallest absolute Gasteiger partial charge is 0.315 e. The molecule has 1 aliphatic heterocycles. The van der Waals surface area contributed by atoms with Crippen LogP contribution in [0.3, 0.4) is 0 Å². The molecule has 2 rings (SSSR count). The van der Waals surface area contributed by atoms with Gasteiger partial charge in [-0.1, -0.05) is 12.1 Å². The number of ether oxygens (including phenoxy) is 1. The molecule has 150 valence electrons. The average Bonchev–Trinajstić information content (AvgIpc) is 2.66. The van der Waals surface area contributed by atoms with Crippen molar-refractivity contribution in [1.82, 2.24) is 9.21 Å². The standard InChI is InChI=1S/C18H26N2O5S2/c1-14-4-5-15(2)16(12-14)27(23,24)20-9-7-19(8-10-20)17(21)6-11-26-13-18(22)25-3/h4-5,12H,6-11,13H2,1-3H3. The highest BCUT2D eigenvalue weighted by atomic mass is 32.2. The van der Waals surface area contributed by atoms with E-state index in [1.807, 2.05) is 19.1 Å². The monoisotopic (exact) mass is 414 g/mol. The molecule has 1 saturated heterocycles. The van der Waals surface area contributed by atoms with E-state index in [0.29, 0.717) is 30.2 Å². The van der Waals surface area contributed by atoms with Crippen LogP contribution in [0.25, 0.3) is 0 Å². The highest BCUT2D eigenvalue weighted by Crippen LogP contribution is 2.22. The summed E-state index contributed by atoms with van der Waals surface area (Å²) < 4.78 is 31.8. The van der Waals surface area contributed by atoms with Gasteiger partial charge in [0.2, 0.25) is 15.9 Å². The number of hydrogen-bond donors (Lipinski definition) is 0. The van der Waals surface area contributed by atoms with E-state index in [4.69, 9.17) is 0 Å². The highest BCUT2D eigenvalue weighted by Gasteiger charge is 2.30. The number of sulfonamides is 1. The van der Waals surface area contributed by atoms with E-state index in [0.717, 1.165) is 11.1 Å². The molecule has 0 saturated carbocycles. The Kier molecular flexibility index (Phi) is 7.69. The third kappa shape index (κ3) is 5.70. The lowest BCUT2D eigenvalue weighted by atomic mass is 10.2. The fourth-order valence-corrected chi connectivity index (χ4v) is 5.31. The van der Waals surface area contributed by atoms with Gasteiger partial charge in [0.05, 0.1) is 17.8 Å². The number of methoxy groups -OCH3 is 1. The van der Waals surface area contributed by atoms with Crippen LogP contribution in [0.4, 0.5) is 0 Å². The number of thioether (sulfide) groups is 1. The number of piperazine rings is 1. The van der Waals surface area contributed by atoms with E-state index in [1.165, 1.54) is 23.2 Å². The first-order valence-electron chi connectivity index (χ1n) is 8.75. The van der Waals surface area contributed by atoms with E-state index < -0.39 is 10.0 Å². The zero-order valence-electron chi connectivity index (χ0n) is 15.9. The van der Waals surface area contributed by atoms with Crippen LogP contribution in [-0.4, -0.2) is 74.3 Å². The van der Waals surface area contributed by atoms with Gasteiger partial charge >= 0.3 is 5.97 Å². The van der Waals surface area contributed by atoms with Crippen molar-refractivity contribution in [3.63, 3.8) is 0 Å². The second-order valence-corrected chi connectivity index (χ2v) is 9.44. The molecule has 1 fully saturated rings. The minimum absolute atomic E-state index is 0.0175. The number of carbonyl (C=O) groups is 2. The van der Waals surface area contributed by atoms with Gasteiger partial charge in [-0.25, -0.2) is 8.42 Å². The Labute approximate surface area is 165 Å². The van der Waals surface area contributed by atoms with Crippen LogP contribution in [-0.2, 0) is 24.3 Å². The summed E-state index contributed by atoms with van der Waals surface area (Å²) in [6.07, 6.45) is 0.325. The van der Waals surface area contributed by atoms with Crippen molar-refractivity contribution < 1.29 is 22.7 Å². The number of benzene rings is 1. The first-order valence-corrected chi connectivity index (χ1v) is 11.3. The zero-order valence-corrected chi connectivity index (χ0v) is 17.6. The van der Waals surface area contributed by atoms with Gasteiger partial charge in [-0.2, -0.15) is 4.31 Å². The molecular weight excluding hydrogens is 388 g/mol. The Morgan fingerprint density at radius 3 is 2.44 bits per heavy atom. The number of amides is 1. The third-order valence-corrected chi connectivity index (χ3v) is 7.43. The summed E-state index contributed by atoms with van der Waals surface area (Å²) in [5.74, 6) is 0.439. The number of carbonyl (C=O) groups excluding carboxylic acids is 2. The molecule has 0 unspecified atom stereocenters. The van der Waals surface area contributed by atoms with Gasteiger partial charge in [0.15, 0.2) is 0 Å². The van der Waals surface area contributed by atoms with Gasteiger partial charge in [-0.15, -0.1) is 11.8 Å². The van der Waals surface area contributed by atoms with Gasteiger partial charge in [0, 0.05) is 38.4 Å². The van der Waals surface area contributed by atoms with Gasteiger partial charge < -0.3 is 9.64 Å². The van der Waals surface area contributed by atoms with E-state index >= 15 is 0 Å². The van der Waals surface area contributed by atoms with Crippen LogP contribution in [0.2, 0.25) is 0 Å². The Balaban J connectivity index is 1.88. The van der Waals surface area contributed by atoms with Crippen molar-refractivity contribution in [3.05, 3.63) is 29.3 Å². The van der Waals surface area contributed by atoms with Crippen LogP contribution in [0.15, 0.2) is 23.1 Å². The van der Waals surface area contributed by atoms with Gasteiger partial charge in [-0.3, -0.25) is 9.59 Å². The Morgan fingerprint density at radius 1 is 1.15 bits per heavy atom. The molecule has 1 amide bonds. The first-order chi connectivity index (χ1) is 12.8. The summed E-state index contributed by atoms with van der Waals surface area (Å²) in [7, 11) is -2.22. The molecule has 1 aromatic rings. The van der Waals surface area contributed by atoms with Crippen molar-refractivity contribution in [3.8, 4) is 0 Å². The lowest BCUT2D eigenvalue weighted by molar-refractivity contribution is -0.137. The van der Waals surface area contributed by atoms with E-state index in [2.05, 4.69) is 4.74 Å². The lowest BCUT2D eigenvalue weighted by Gasteiger charge is -2.34. The molecule has 7 nitrogen and oxygen atoms in total. The molecule has 0 atom stereocenters. The molecule has 0 bridgehead atoms. The first kappa shape index (κ1) is 21.7. The zero-order chi connectivity index (χ0) is 20.0. The van der Waals surface area contributed by atoms with Crippen LogP contribution in [0.5, 0.6) is 0 Å². The molecule has 0 radical (unpaired) electrons. The summed E-state index contributed by atoms with van der Waals surface area (Å²) in [5.41, 5.74) is 1.62. The quantitative estimate of drug-likeness (QED) is 0.496. The number of rotatable bonds is 7. The van der Waals surface area contributed by atoms with Crippen molar-refractivity contribution in [2.75, 3.05) is 44.8 Å². The summed E-state index contributed by atoms with van der Waals surface area (Å²) in [6.45, 7) is 4.99. The summed E-state index contributed by atoms with van der Waals surface area (Å²) in [4.78, 5) is 25.3. The fourth-order valence-electron chi connectivity index (χ4n) is 2.83. The van der Waals surface area contributed by atoms with Crippen LogP contribution >= 0.6 is 11.8 Å². The Bertz CT molecular complexity index is 787. The largest absolute Gasteiger partial charge is 0.468 e. The Hall–Kier alpha value is -1.58.